The van der Waals surface area contributed by atoms with Crippen LogP contribution in [0.25, 0.3) is 0 Å². The summed E-state index contributed by atoms with van der Waals surface area (Å²) < 4.78 is 5.72. The maximum atomic E-state index is 12.4. The number of rotatable bonds is 8. The van der Waals surface area contributed by atoms with Crippen LogP contribution in [0.15, 0.2) is 48.5 Å². The molecule has 0 bridgehead atoms. The Morgan fingerprint density at radius 1 is 0.967 bits per heavy atom. The third-order valence-electron chi connectivity index (χ3n) is 4.70. The van der Waals surface area contributed by atoms with Crippen LogP contribution in [-0.4, -0.2) is 41.0 Å². The zero-order valence-electron chi connectivity index (χ0n) is 17.9. The molecule has 2 rings (SSSR count). The molecule has 30 heavy (non-hydrogen) atoms. The van der Waals surface area contributed by atoms with Gasteiger partial charge >= 0.3 is 0 Å². The van der Waals surface area contributed by atoms with Crippen molar-refractivity contribution in [3.8, 4) is 5.75 Å². The van der Waals surface area contributed by atoms with Gasteiger partial charge in [-0.15, -0.1) is 0 Å². The molecular weight excluding hydrogens is 398 g/mol. The summed E-state index contributed by atoms with van der Waals surface area (Å²) in [4.78, 5) is 26.5. The van der Waals surface area contributed by atoms with E-state index in [0.29, 0.717) is 29.9 Å². The number of nitrogens with one attached hydrogen (secondary N) is 2. The fraction of sp³-hybridized carbons (Fsp3) is 0.348. The average Bonchev–Trinajstić information content (AvgIpc) is 2.75. The van der Waals surface area contributed by atoms with Gasteiger partial charge < -0.3 is 15.0 Å². The third kappa shape index (κ3) is 6.56. The summed E-state index contributed by atoms with van der Waals surface area (Å²) in [5.41, 5.74) is 1.78. The van der Waals surface area contributed by atoms with Crippen molar-refractivity contribution in [1.82, 2.24) is 10.2 Å². The number of hydrogen-bond acceptors (Lipinski definition) is 4. The van der Waals surface area contributed by atoms with E-state index >= 15 is 0 Å². The number of ether oxygens (including phenoxy) is 1. The molecule has 0 saturated carbocycles. The third-order valence-corrected chi connectivity index (χ3v) is 4.90. The largest absolute Gasteiger partial charge is 0.491 e. The van der Waals surface area contributed by atoms with Crippen LogP contribution in [-0.2, 0) is 0 Å². The molecule has 2 aromatic rings. The molecule has 2 amide bonds. The summed E-state index contributed by atoms with van der Waals surface area (Å²) in [5.74, 6) is 0.403. The second kappa shape index (κ2) is 11.3. The molecule has 2 aromatic carbocycles. The Hall–Kier alpha value is -2.93. The van der Waals surface area contributed by atoms with Crippen LogP contribution in [0.1, 0.15) is 54.8 Å². The van der Waals surface area contributed by atoms with E-state index < -0.39 is 0 Å². The molecule has 6 nitrogen and oxygen atoms in total. The van der Waals surface area contributed by atoms with Crippen molar-refractivity contribution < 1.29 is 14.3 Å². The molecule has 0 aromatic heterocycles. The SMILES string of the molecule is CCC(C)Oc1ccc(C(=O)NC(=S)Nc2ccc(C(=O)N(CC)CC)cc2)cc1. The number of hydrogen-bond donors (Lipinski definition) is 2. The number of carbonyl (C=O) groups excluding carboxylic acids is 2. The Balaban J connectivity index is 1.92. The minimum atomic E-state index is -0.309. The molecule has 0 aliphatic heterocycles. The van der Waals surface area contributed by atoms with Gasteiger partial charge in [0.1, 0.15) is 5.75 Å². The topological polar surface area (TPSA) is 70.7 Å². The van der Waals surface area contributed by atoms with Gasteiger partial charge in [0.2, 0.25) is 0 Å². The van der Waals surface area contributed by atoms with Gasteiger partial charge in [-0.1, -0.05) is 6.92 Å². The van der Waals surface area contributed by atoms with E-state index in [0.717, 1.165) is 12.2 Å². The number of carbonyl (C=O) groups is 2. The minimum Gasteiger partial charge on any atom is -0.491 e. The summed E-state index contributed by atoms with van der Waals surface area (Å²) in [6.45, 7) is 9.27. The Morgan fingerprint density at radius 2 is 1.53 bits per heavy atom. The lowest BCUT2D eigenvalue weighted by Crippen LogP contribution is -2.34. The van der Waals surface area contributed by atoms with Crippen LogP contribution in [0.2, 0.25) is 0 Å². The van der Waals surface area contributed by atoms with E-state index in [2.05, 4.69) is 17.6 Å². The highest BCUT2D eigenvalue weighted by atomic mass is 32.1. The van der Waals surface area contributed by atoms with Gasteiger partial charge in [-0.05, 0) is 87.9 Å². The number of amides is 2. The lowest BCUT2D eigenvalue weighted by Gasteiger charge is -2.18. The van der Waals surface area contributed by atoms with E-state index in [1.807, 2.05) is 20.8 Å². The molecule has 7 heteroatoms. The highest BCUT2D eigenvalue weighted by Crippen LogP contribution is 2.15. The number of thiocarbonyl (C=S) groups is 1. The summed E-state index contributed by atoms with van der Waals surface area (Å²) in [6.07, 6.45) is 1.03. The summed E-state index contributed by atoms with van der Waals surface area (Å²) in [7, 11) is 0. The molecule has 2 N–H and O–H groups in total. The fourth-order valence-corrected chi connectivity index (χ4v) is 2.94. The van der Waals surface area contributed by atoms with Crippen molar-refractivity contribution in [2.75, 3.05) is 18.4 Å². The molecule has 0 aliphatic rings. The van der Waals surface area contributed by atoms with Crippen LogP contribution in [0.4, 0.5) is 5.69 Å². The first-order valence-electron chi connectivity index (χ1n) is 10.2. The number of nitrogens with zero attached hydrogens (tertiary/aromatic N) is 1. The molecule has 0 heterocycles. The van der Waals surface area contributed by atoms with Crippen molar-refractivity contribution in [2.45, 2.75) is 40.2 Å². The Labute approximate surface area is 183 Å². The van der Waals surface area contributed by atoms with E-state index in [1.165, 1.54) is 0 Å². The van der Waals surface area contributed by atoms with Crippen LogP contribution >= 0.6 is 12.2 Å². The van der Waals surface area contributed by atoms with Crippen LogP contribution < -0.4 is 15.4 Å². The van der Waals surface area contributed by atoms with E-state index in [9.17, 15) is 9.59 Å². The predicted molar refractivity (Wildman–Crippen MR) is 124 cm³/mol. The summed E-state index contributed by atoms with van der Waals surface area (Å²) in [5, 5.41) is 5.80. The van der Waals surface area contributed by atoms with E-state index in [-0.39, 0.29) is 23.0 Å². The second-order valence-corrected chi connectivity index (χ2v) is 7.23. The normalized spacial score (nSPS) is 11.3. The van der Waals surface area contributed by atoms with E-state index in [4.69, 9.17) is 17.0 Å². The maximum Gasteiger partial charge on any atom is 0.257 e. The van der Waals surface area contributed by atoms with Crippen molar-refractivity contribution >= 4 is 34.8 Å². The Kier molecular flexibility index (Phi) is 8.80. The zero-order valence-corrected chi connectivity index (χ0v) is 18.7. The lowest BCUT2D eigenvalue weighted by molar-refractivity contribution is 0.0772. The highest BCUT2D eigenvalue weighted by Gasteiger charge is 2.13. The van der Waals surface area contributed by atoms with Gasteiger partial charge in [0, 0.05) is 29.9 Å². The monoisotopic (exact) mass is 427 g/mol. The van der Waals surface area contributed by atoms with Gasteiger partial charge in [0.05, 0.1) is 6.10 Å². The van der Waals surface area contributed by atoms with Crippen molar-refractivity contribution in [2.24, 2.45) is 0 Å². The Morgan fingerprint density at radius 3 is 2.07 bits per heavy atom. The van der Waals surface area contributed by atoms with Crippen molar-refractivity contribution in [3.63, 3.8) is 0 Å². The molecule has 160 valence electrons. The van der Waals surface area contributed by atoms with Crippen LogP contribution in [0.5, 0.6) is 5.75 Å². The van der Waals surface area contributed by atoms with E-state index in [1.54, 1.807) is 53.4 Å². The molecule has 0 spiro atoms. The van der Waals surface area contributed by atoms with Crippen LogP contribution in [0, 0.1) is 0 Å². The fourth-order valence-electron chi connectivity index (χ4n) is 2.73. The molecule has 1 atom stereocenters. The van der Waals surface area contributed by atoms with Crippen molar-refractivity contribution in [1.29, 1.82) is 0 Å². The van der Waals surface area contributed by atoms with Gasteiger partial charge in [-0.3, -0.25) is 14.9 Å². The molecule has 0 aliphatic carbocycles. The van der Waals surface area contributed by atoms with Gasteiger partial charge in [0.15, 0.2) is 5.11 Å². The standard InChI is InChI=1S/C23H29N3O3S/c1-5-16(4)29-20-14-10-17(11-15-20)21(27)25-23(30)24-19-12-8-18(9-13-19)22(28)26(6-2)7-3/h8-16H,5-7H2,1-4H3,(H2,24,25,27,30). The first kappa shape index (κ1) is 23.3. The molecular formula is C23H29N3O3S. The zero-order chi connectivity index (χ0) is 22.1. The molecule has 0 fully saturated rings. The first-order valence-corrected chi connectivity index (χ1v) is 10.6. The van der Waals surface area contributed by atoms with Gasteiger partial charge in [0.25, 0.3) is 11.8 Å². The number of benzene rings is 2. The van der Waals surface area contributed by atoms with Gasteiger partial charge in [-0.25, -0.2) is 0 Å². The quantitative estimate of drug-likeness (QED) is 0.608. The van der Waals surface area contributed by atoms with Crippen LogP contribution in [0.3, 0.4) is 0 Å². The van der Waals surface area contributed by atoms with Gasteiger partial charge in [-0.2, -0.15) is 0 Å². The average molecular weight is 428 g/mol. The highest BCUT2D eigenvalue weighted by molar-refractivity contribution is 7.80. The minimum absolute atomic E-state index is 0.0109. The lowest BCUT2D eigenvalue weighted by atomic mass is 10.2. The second-order valence-electron chi connectivity index (χ2n) is 6.82. The molecule has 0 radical (unpaired) electrons. The molecule has 1 unspecified atom stereocenters. The molecule has 0 saturated heterocycles. The Bertz CT molecular complexity index is 862. The number of anilines is 1. The summed E-state index contributed by atoms with van der Waals surface area (Å²) in [6, 6.07) is 13.9. The van der Waals surface area contributed by atoms with Crippen molar-refractivity contribution in [3.05, 3.63) is 59.7 Å². The smallest absolute Gasteiger partial charge is 0.257 e. The maximum absolute atomic E-state index is 12.4. The first-order chi connectivity index (χ1) is 14.4. The predicted octanol–water partition coefficient (Wildman–Crippen LogP) is 4.47. The summed E-state index contributed by atoms with van der Waals surface area (Å²) >= 11 is 5.23.